The van der Waals surface area contributed by atoms with Crippen molar-refractivity contribution in [3.8, 4) is 0 Å². The van der Waals surface area contributed by atoms with E-state index in [1.54, 1.807) is 6.92 Å². The first kappa shape index (κ1) is 18.0. The van der Waals surface area contributed by atoms with Gasteiger partial charge in [0.05, 0.1) is 13.0 Å². The fourth-order valence-electron chi connectivity index (χ4n) is 2.79. The zero-order valence-electron chi connectivity index (χ0n) is 13.9. The molecular weight excluding hydrogens is 268 g/mol. The molecule has 1 heterocycles. The van der Waals surface area contributed by atoms with Gasteiger partial charge in [0.2, 0.25) is 5.91 Å². The van der Waals surface area contributed by atoms with E-state index in [2.05, 4.69) is 19.2 Å². The van der Waals surface area contributed by atoms with E-state index in [4.69, 9.17) is 4.74 Å². The summed E-state index contributed by atoms with van der Waals surface area (Å²) in [5, 5.41) is 3.53. The van der Waals surface area contributed by atoms with Crippen LogP contribution in [0.5, 0.6) is 0 Å². The number of likely N-dealkylation sites (tertiary alicyclic amines) is 1. The molecule has 1 rings (SSSR count). The van der Waals surface area contributed by atoms with Crippen LogP contribution in [0.25, 0.3) is 0 Å². The molecule has 0 saturated carbocycles. The average molecular weight is 298 g/mol. The van der Waals surface area contributed by atoms with Crippen molar-refractivity contribution >= 4 is 11.9 Å². The Hall–Kier alpha value is -1.10. The predicted octanol–water partition coefficient (Wildman–Crippen LogP) is 1.81. The molecule has 0 aromatic heterocycles. The highest BCUT2D eigenvalue weighted by Gasteiger charge is 2.29. The Balaban J connectivity index is 2.51. The molecule has 0 radical (unpaired) electrons. The number of nitrogens with one attached hydrogen (secondary N) is 1. The summed E-state index contributed by atoms with van der Waals surface area (Å²) in [6, 6.07) is 0.279. The summed E-state index contributed by atoms with van der Waals surface area (Å²) in [4.78, 5) is 25.2. The van der Waals surface area contributed by atoms with E-state index in [0.29, 0.717) is 25.5 Å². The van der Waals surface area contributed by atoms with Gasteiger partial charge in [-0.05, 0) is 38.1 Å². The second-order valence-corrected chi connectivity index (χ2v) is 6.37. The highest BCUT2D eigenvalue weighted by molar-refractivity contribution is 5.74. The van der Waals surface area contributed by atoms with Crippen molar-refractivity contribution in [1.29, 1.82) is 0 Å². The van der Waals surface area contributed by atoms with Gasteiger partial charge in [-0.1, -0.05) is 13.8 Å². The molecule has 5 nitrogen and oxygen atoms in total. The Bertz CT molecular complexity index is 344. The molecule has 0 bridgehead atoms. The SMILES string of the molecule is CCOC(=O)CC1CC(NCCC(C)C)CN(C(C)=O)C1. The van der Waals surface area contributed by atoms with Crippen LogP contribution in [0.2, 0.25) is 0 Å². The number of rotatable bonds is 7. The minimum Gasteiger partial charge on any atom is -0.466 e. The van der Waals surface area contributed by atoms with E-state index in [-0.39, 0.29) is 23.8 Å². The van der Waals surface area contributed by atoms with E-state index >= 15 is 0 Å². The molecule has 0 aliphatic carbocycles. The molecule has 1 amide bonds. The number of carbonyl (C=O) groups is 2. The summed E-state index contributed by atoms with van der Waals surface area (Å²) >= 11 is 0. The Kier molecular flexibility index (Phi) is 7.72. The first-order valence-electron chi connectivity index (χ1n) is 8.06. The number of carbonyl (C=O) groups excluding carboxylic acids is 2. The van der Waals surface area contributed by atoms with Gasteiger partial charge in [-0.3, -0.25) is 9.59 Å². The Morgan fingerprint density at radius 2 is 2.05 bits per heavy atom. The van der Waals surface area contributed by atoms with Crippen molar-refractivity contribution in [3.05, 3.63) is 0 Å². The number of piperidine rings is 1. The minimum absolute atomic E-state index is 0.0826. The lowest BCUT2D eigenvalue weighted by atomic mass is 9.91. The van der Waals surface area contributed by atoms with Gasteiger partial charge in [0.15, 0.2) is 0 Å². The maximum absolute atomic E-state index is 11.7. The lowest BCUT2D eigenvalue weighted by Crippen LogP contribution is -2.51. The molecule has 2 unspecified atom stereocenters. The molecule has 1 aliphatic heterocycles. The van der Waals surface area contributed by atoms with Crippen molar-refractivity contribution in [2.24, 2.45) is 11.8 Å². The number of ether oxygens (including phenoxy) is 1. The van der Waals surface area contributed by atoms with E-state index in [0.717, 1.165) is 25.9 Å². The summed E-state index contributed by atoms with van der Waals surface area (Å²) in [5.74, 6) is 0.784. The van der Waals surface area contributed by atoms with Gasteiger partial charge in [-0.25, -0.2) is 0 Å². The molecule has 0 aromatic rings. The minimum atomic E-state index is -0.158. The molecule has 1 N–H and O–H groups in total. The molecule has 122 valence electrons. The van der Waals surface area contributed by atoms with Gasteiger partial charge < -0.3 is 15.0 Å². The van der Waals surface area contributed by atoms with Crippen LogP contribution in [0.3, 0.4) is 0 Å². The Morgan fingerprint density at radius 3 is 2.62 bits per heavy atom. The third-order valence-electron chi connectivity index (χ3n) is 3.90. The van der Waals surface area contributed by atoms with Crippen molar-refractivity contribution < 1.29 is 14.3 Å². The highest BCUT2D eigenvalue weighted by atomic mass is 16.5. The standard InChI is InChI=1S/C16H30N2O3/c1-5-21-16(20)9-14-8-15(17-7-6-12(2)3)11-18(10-14)13(4)19/h12,14-15,17H,5-11H2,1-4H3. The fraction of sp³-hybridized carbons (Fsp3) is 0.875. The smallest absolute Gasteiger partial charge is 0.306 e. The summed E-state index contributed by atoms with van der Waals surface area (Å²) in [7, 11) is 0. The lowest BCUT2D eigenvalue weighted by Gasteiger charge is -2.37. The molecule has 21 heavy (non-hydrogen) atoms. The van der Waals surface area contributed by atoms with E-state index in [1.807, 2.05) is 11.8 Å². The van der Waals surface area contributed by atoms with Crippen molar-refractivity contribution in [3.63, 3.8) is 0 Å². The van der Waals surface area contributed by atoms with Crippen LogP contribution in [-0.4, -0.2) is 49.1 Å². The molecular formula is C16H30N2O3. The third-order valence-corrected chi connectivity index (χ3v) is 3.90. The van der Waals surface area contributed by atoms with E-state index < -0.39 is 0 Å². The number of hydrogen-bond acceptors (Lipinski definition) is 4. The second-order valence-electron chi connectivity index (χ2n) is 6.37. The second kappa shape index (κ2) is 9.03. The topological polar surface area (TPSA) is 58.6 Å². The van der Waals surface area contributed by atoms with Crippen LogP contribution < -0.4 is 5.32 Å². The number of amides is 1. The molecule has 0 spiro atoms. The van der Waals surface area contributed by atoms with Gasteiger partial charge in [0, 0.05) is 26.1 Å². The Labute approximate surface area is 128 Å². The maximum Gasteiger partial charge on any atom is 0.306 e. The molecule has 1 fully saturated rings. The number of esters is 1. The average Bonchev–Trinajstić information content (AvgIpc) is 2.38. The largest absolute Gasteiger partial charge is 0.466 e. The fourth-order valence-corrected chi connectivity index (χ4v) is 2.79. The molecule has 1 aliphatic rings. The zero-order chi connectivity index (χ0) is 15.8. The normalized spacial score (nSPS) is 22.4. The van der Waals surface area contributed by atoms with Gasteiger partial charge in [0.25, 0.3) is 0 Å². The van der Waals surface area contributed by atoms with Crippen molar-refractivity contribution in [2.45, 2.75) is 53.0 Å². The van der Waals surface area contributed by atoms with Crippen LogP contribution in [0, 0.1) is 11.8 Å². The number of hydrogen-bond donors (Lipinski definition) is 1. The summed E-state index contributed by atoms with van der Waals surface area (Å²) in [6.07, 6.45) is 2.46. The number of nitrogens with zero attached hydrogens (tertiary/aromatic N) is 1. The quantitative estimate of drug-likeness (QED) is 0.728. The molecule has 5 heteroatoms. The maximum atomic E-state index is 11.7. The van der Waals surface area contributed by atoms with Crippen LogP contribution in [-0.2, 0) is 14.3 Å². The highest BCUT2D eigenvalue weighted by Crippen LogP contribution is 2.21. The first-order chi connectivity index (χ1) is 9.92. The first-order valence-corrected chi connectivity index (χ1v) is 8.06. The van der Waals surface area contributed by atoms with Crippen LogP contribution in [0.1, 0.15) is 47.0 Å². The van der Waals surface area contributed by atoms with Crippen molar-refractivity contribution in [2.75, 3.05) is 26.2 Å². The van der Waals surface area contributed by atoms with Gasteiger partial charge in [-0.2, -0.15) is 0 Å². The third kappa shape index (κ3) is 6.93. The molecule has 1 saturated heterocycles. The van der Waals surface area contributed by atoms with Crippen LogP contribution in [0.4, 0.5) is 0 Å². The van der Waals surface area contributed by atoms with Gasteiger partial charge in [0.1, 0.15) is 0 Å². The monoisotopic (exact) mass is 298 g/mol. The predicted molar refractivity (Wildman–Crippen MR) is 82.9 cm³/mol. The van der Waals surface area contributed by atoms with E-state index in [9.17, 15) is 9.59 Å². The molecule has 2 atom stereocenters. The van der Waals surface area contributed by atoms with Crippen LogP contribution >= 0.6 is 0 Å². The zero-order valence-corrected chi connectivity index (χ0v) is 13.9. The Morgan fingerprint density at radius 1 is 1.33 bits per heavy atom. The van der Waals surface area contributed by atoms with Gasteiger partial charge in [-0.15, -0.1) is 0 Å². The lowest BCUT2D eigenvalue weighted by molar-refractivity contribution is -0.145. The van der Waals surface area contributed by atoms with Crippen LogP contribution in [0.15, 0.2) is 0 Å². The summed E-state index contributed by atoms with van der Waals surface area (Å²) < 4.78 is 5.03. The summed E-state index contributed by atoms with van der Waals surface area (Å²) in [6.45, 7) is 10.6. The summed E-state index contributed by atoms with van der Waals surface area (Å²) in [5.41, 5.74) is 0. The molecule has 0 aromatic carbocycles. The van der Waals surface area contributed by atoms with Crippen molar-refractivity contribution in [1.82, 2.24) is 10.2 Å². The van der Waals surface area contributed by atoms with E-state index in [1.165, 1.54) is 0 Å². The van der Waals surface area contributed by atoms with Gasteiger partial charge >= 0.3 is 5.97 Å².